The molecular weight excluding hydrogens is 325 g/mol. The van der Waals surface area contributed by atoms with E-state index < -0.39 is 6.10 Å². The Kier molecular flexibility index (Phi) is 6.07. The van der Waals surface area contributed by atoms with Gasteiger partial charge in [-0.25, -0.2) is 0 Å². The summed E-state index contributed by atoms with van der Waals surface area (Å²) in [4.78, 5) is 11.8. The van der Waals surface area contributed by atoms with Crippen molar-refractivity contribution < 1.29 is 14.6 Å². The molecule has 2 aromatic carbocycles. The van der Waals surface area contributed by atoms with Gasteiger partial charge in [0.2, 0.25) is 0 Å². The van der Waals surface area contributed by atoms with Crippen LogP contribution in [-0.4, -0.2) is 30.3 Å². The summed E-state index contributed by atoms with van der Waals surface area (Å²) in [6.45, 7) is 0.0705. The van der Waals surface area contributed by atoms with E-state index in [0.717, 1.165) is 0 Å². The predicted molar refractivity (Wildman–Crippen MR) is 86.7 cm³/mol. The van der Waals surface area contributed by atoms with Crippen LogP contribution in [0.15, 0.2) is 48.5 Å². The second-order valence-corrected chi connectivity index (χ2v) is 5.38. The Balaban J connectivity index is 1.80. The number of amides is 1. The number of rotatable bonds is 6. The fraction of sp³-hybridized carbons (Fsp3) is 0.188. The van der Waals surface area contributed by atoms with E-state index in [0.29, 0.717) is 21.4 Å². The van der Waals surface area contributed by atoms with Gasteiger partial charge < -0.3 is 15.2 Å². The van der Waals surface area contributed by atoms with E-state index >= 15 is 0 Å². The summed E-state index contributed by atoms with van der Waals surface area (Å²) in [5, 5.41) is 13.2. The minimum atomic E-state index is -0.859. The largest absolute Gasteiger partial charge is 0.489 e. The standard InChI is InChI=1S/C16H15Cl2NO3/c17-13-7-4-8-14(15(13)18)22-10-12(20)9-19-16(21)11-5-2-1-3-6-11/h1-8,12,20H,9-10H2,(H,19,21)/t12-/m0/s1. The second-order valence-electron chi connectivity index (χ2n) is 4.59. The van der Waals surface area contributed by atoms with Gasteiger partial charge in [-0.2, -0.15) is 0 Å². The van der Waals surface area contributed by atoms with Gasteiger partial charge in [-0.1, -0.05) is 47.5 Å². The third kappa shape index (κ3) is 4.63. The van der Waals surface area contributed by atoms with Crippen molar-refractivity contribution >= 4 is 29.1 Å². The molecule has 2 rings (SSSR count). The van der Waals surface area contributed by atoms with E-state index in [1.807, 2.05) is 6.07 Å². The molecule has 0 heterocycles. The molecule has 6 heteroatoms. The maximum absolute atomic E-state index is 11.8. The molecule has 0 unspecified atom stereocenters. The molecule has 116 valence electrons. The minimum Gasteiger partial charge on any atom is -0.489 e. The molecule has 0 saturated heterocycles. The normalized spacial score (nSPS) is 11.8. The lowest BCUT2D eigenvalue weighted by Gasteiger charge is -2.14. The molecule has 0 spiro atoms. The Morgan fingerprint density at radius 3 is 2.59 bits per heavy atom. The molecule has 0 aliphatic heterocycles. The number of aliphatic hydroxyl groups is 1. The number of ether oxygens (including phenoxy) is 1. The van der Waals surface area contributed by atoms with Crippen LogP contribution in [0.1, 0.15) is 10.4 Å². The van der Waals surface area contributed by atoms with E-state index in [9.17, 15) is 9.90 Å². The zero-order valence-electron chi connectivity index (χ0n) is 11.6. The Morgan fingerprint density at radius 1 is 1.14 bits per heavy atom. The number of halogens is 2. The highest BCUT2D eigenvalue weighted by molar-refractivity contribution is 6.42. The summed E-state index contributed by atoms with van der Waals surface area (Å²) >= 11 is 11.8. The lowest BCUT2D eigenvalue weighted by atomic mass is 10.2. The number of carbonyl (C=O) groups excluding carboxylic acids is 1. The zero-order chi connectivity index (χ0) is 15.9. The Labute approximate surface area is 138 Å². The van der Waals surface area contributed by atoms with Crippen molar-refractivity contribution in [2.75, 3.05) is 13.2 Å². The van der Waals surface area contributed by atoms with Crippen LogP contribution in [0.5, 0.6) is 5.75 Å². The molecule has 0 aromatic heterocycles. The van der Waals surface area contributed by atoms with Crippen molar-refractivity contribution in [3.8, 4) is 5.75 Å². The van der Waals surface area contributed by atoms with E-state index in [1.54, 1.807) is 42.5 Å². The summed E-state index contributed by atoms with van der Waals surface area (Å²) < 4.78 is 5.40. The van der Waals surface area contributed by atoms with E-state index in [2.05, 4.69) is 5.32 Å². The van der Waals surface area contributed by atoms with Gasteiger partial charge in [0.05, 0.1) is 5.02 Å². The maximum atomic E-state index is 11.8. The molecular formula is C16H15Cl2NO3. The number of hydrogen-bond donors (Lipinski definition) is 2. The van der Waals surface area contributed by atoms with Gasteiger partial charge in [0.15, 0.2) is 0 Å². The molecule has 2 aromatic rings. The molecule has 22 heavy (non-hydrogen) atoms. The van der Waals surface area contributed by atoms with E-state index in [-0.39, 0.29) is 19.1 Å². The summed E-state index contributed by atoms with van der Waals surface area (Å²) in [6, 6.07) is 13.8. The van der Waals surface area contributed by atoms with Gasteiger partial charge in [-0.3, -0.25) is 4.79 Å². The van der Waals surface area contributed by atoms with Crippen molar-refractivity contribution in [3.05, 3.63) is 64.1 Å². The molecule has 0 saturated carbocycles. The zero-order valence-corrected chi connectivity index (χ0v) is 13.1. The van der Waals surface area contributed by atoms with Gasteiger partial charge in [0.25, 0.3) is 5.91 Å². The fourth-order valence-corrected chi connectivity index (χ4v) is 2.09. The van der Waals surface area contributed by atoms with Crippen LogP contribution < -0.4 is 10.1 Å². The van der Waals surface area contributed by atoms with Crippen molar-refractivity contribution in [3.63, 3.8) is 0 Å². The molecule has 0 fully saturated rings. The van der Waals surface area contributed by atoms with Crippen LogP contribution in [0.25, 0.3) is 0 Å². The molecule has 1 amide bonds. The first kappa shape index (κ1) is 16.6. The molecule has 0 aliphatic carbocycles. The molecule has 4 nitrogen and oxygen atoms in total. The average Bonchev–Trinajstić information content (AvgIpc) is 2.54. The minimum absolute atomic E-state index is 0.00483. The highest BCUT2D eigenvalue weighted by atomic mass is 35.5. The van der Waals surface area contributed by atoms with Gasteiger partial charge in [0.1, 0.15) is 23.5 Å². The first-order valence-electron chi connectivity index (χ1n) is 6.66. The number of benzene rings is 2. The molecule has 0 aliphatic rings. The van der Waals surface area contributed by atoms with E-state index in [4.69, 9.17) is 27.9 Å². The van der Waals surface area contributed by atoms with Gasteiger partial charge >= 0.3 is 0 Å². The summed E-state index contributed by atoms with van der Waals surface area (Å²) in [6.07, 6.45) is -0.859. The Morgan fingerprint density at radius 2 is 1.86 bits per heavy atom. The van der Waals surface area contributed by atoms with Crippen LogP contribution >= 0.6 is 23.2 Å². The van der Waals surface area contributed by atoms with Crippen molar-refractivity contribution in [1.29, 1.82) is 0 Å². The predicted octanol–water partition coefficient (Wildman–Crippen LogP) is 3.16. The van der Waals surface area contributed by atoms with Gasteiger partial charge in [-0.05, 0) is 24.3 Å². The third-order valence-corrected chi connectivity index (χ3v) is 3.68. The van der Waals surface area contributed by atoms with Crippen LogP contribution in [0, 0.1) is 0 Å². The highest BCUT2D eigenvalue weighted by Gasteiger charge is 2.11. The first-order chi connectivity index (χ1) is 10.6. The van der Waals surface area contributed by atoms with Gasteiger partial charge in [0, 0.05) is 12.1 Å². The fourth-order valence-electron chi connectivity index (χ4n) is 1.74. The number of carbonyl (C=O) groups is 1. The second kappa shape index (κ2) is 8.03. The third-order valence-electron chi connectivity index (χ3n) is 2.88. The molecule has 0 radical (unpaired) electrons. The average molecular weight is 340 g/mol. The topological polar surface area (TPSA) is 58.6 Å². The number of aliphatic hydroxyl groups excluding tert-OH is 1. The van der Waals surface area contributed by atoms with Crippen LogP contribution in [-0.2, 0) is 0 Å². The Hall–Kier alpha value is -1.75. The first-order valence-corrected chi connectivity index (χ1v) is 7.41. The summed E-state index contributed by atoms with van der Waals surface area (Å²) in [5.41, 5.74) is 0.536. The summed E-state index contributed by atoms with van der Waals surface area (Å²) in [7, 11) is 0. The smallest absolute Gasteiger partial charge is 0.251 e. The van der Waals surface area contributed by atoms with E-state index in [1.165, 1.54) is 0 Å². The van der Waals surface area contributed by atoms with Crippen LogP contribution in [0.2, 0.25) is 10.0 Å². The lowest BCUT2D eigenvalue weighted by molar-refractivity contribution is 0.0844. The Bertz CT molecular complexity index is 635. The lowest BCUT2D eigenvalue weighted by Crippen LogP contribution is -2.35. The highest BCUT2D eigenvalue weighted by Crippen LogP contribution is 2.31. The molecule has 2 N–H and O–H groups in total. The molecule has 0 bridgehead atoms. The quantitative estimate of drug-likeness (QED) is 0.849. The summed E-state index contributed by atoms with van der Waals surface area (Å²) in [5.74, 6) is 0.142. The van der Waals surface area contributed by atoms with Crippen LogP contribution in [0.3, 0.4) is 0 Å². The monoisotopic (exact) mass is 339 g/mol. The van der Waals surface area contributed by atoms with Crippen LogP contribution in [0.4, 0.5) is 0 Å². The van der Waals surface area contributed by atoms with Crippen molar-refractivity contribution in [2.45, 2.75) is 6.10 Å². The van der Waals surface area contributed by atoms with Crippen molar-refractivity contribution in [1.82, 2.24) is 5.32 Å². The maximum Gasteiger partial charge on any atom is 0.251 e. The van der Waals surface area contributed by atoms with Gasteiger partial charge in [-0.15, -0.1) is 0 Å². The van der Waals surface area contributed by atoms with Crippen molar-refractivity contribution in [2.24, 2.45) is 0 Å². The molecule has 1 atom stereocenters. The number of nitrogens with one attached hydrogen (secondary N) is 1. The number of hydrogen-bond acceptors (Lipinski definition) is 3. The SMILES string of the molecule is O=C(NC[C@H](O)COc1cccc(Cl)c1Cl)c1ccccc1.